The third-order valence-electron chi connectivity index (χ3n) is 4.58. The maximum absolute atomic E-state index is 11.7. The van der Waals surface area contributed by atoms with E-state index in [-0.39, 0.29) is 0 Å². The predicted octanol–water partition coefficient (Wildman–Crippen LogP) is 2.68. The van der Waals surface area contributed by atoms with E-state index in [4.69, 9.17) is 14.2 Å². The van der Waals surface area contributed by atoms with Gasteiger partial charge in [0.15, 0.2) is 5.60 Å². The number of benzene rings is 1. The van der Waals surface area contributed by atoms with Crippen molar-refractivity contribution in [1.29, 1.82) is 0 Å². The Kier molecular flexibility index (Phi) is 3.29. The molecule has 118 valence electrons. The zero-order valence-corrected chi connectivity index (χ0v) is 13.0. The molecule has 0 bridgehead atoms. The summed E-state index contributed by atoms with van der Waals surface area (Å²) in [7, 11) is 0. The van der Waals surface area contributed by atoms with E-state index in [1.54, 1.807) is 0 Å². The summed E-state index contributed by atoms with van der Waals surface area (Å²) in [5.74, 6) is -2.38. The van der Waals surface area contributed by atoms with Gasteiger partial charge in [0.2, 0.25) is 0 Å². The van der Waals surface area contributed by atoms with E-state index in [0.717, 1.165) is 18.4 Å². The molecule has 1 saturated heterocycles. The number of hydrogen-bond donors (Lipinski definition) is 0. The number of carbonyl (C=O) groups excluding carboxylic acids is 2. The number of ether oxygens (including phenoxy) is 3. The van der Waals surface area contributed by atoms with Crippen molar-refractivity contribution in [3.63, 3.8) is 0 Å². The summed E-state index contributed by atoms with van der Waals surface area (Å²) >= 11 is 0. The molecule has 0 spiro atoms. The topological polar surface area (TPSA) is 65.1 Å². The van der Waals surface area contributed by atoms with Crippen LogP contribution in [0, 0.1) is 0 Å². The molecule has 1 aromatic carbocycles. The molecule has 1 heterocycles. The van der Waals surface area contributed by atoms with Crippen molar-refractivity contribution in [2.24, 2.45) is 0 Å². The minimum Gasteiger partial charge on any atom is -0.419 e. The number of epoxide rings is 1. The summed E-state index contributed by atoms with van der Waals surface area (Å²) < 4.78 is 17.2. The second kappa shape index (κ2) is 4.81. The molecule has 22 heavy (non-hydrogen) atoms. The quantitative estimate of drug-likeness (QED) is 0.488. The minimum absolute atomic E-state index is 0.427. The van der Waals surface area contributed by atoms with Gasteiger partial charge in [0.1, 0.15) is 5.60 Å². The molecule has 0 radical (unpaired) electrons. The second-order valence-electron chi connectivity index (χ2n) is 6.17. The van der Waals surface area contributed by atoms with Crippen molar-refractivity contribution in [3.8, 4) is 0 Å². The van der Waals surface area contributed by atoms with Gasteiger partial charge in [-0.1, -0.05) is 30.3 Å². The molecule has 5 heteroatoms. The van der Waals surface area contributed by atoms with Crippen molar-refractivity contribution < 1.29 is 23.8 Å². The van der Waals surface area contributed by atoms with Gasteiger partial charge in [0.05, 0.1) is 0 Å². The van der Waals surface area contributed by atoms with Gasteiger partial charge in [-0.05, 0) is 25.3 Å². The first-order chi connectivity index (χ1) is 10.4. The number of fused-ring (bicyclic) bond motifs is 1. The van der Waals surface area contributed by atoms with Crippen LogP contribution in [0.3, 0.4) is 0 Å². The van der Waals surface area contributed by atoms with Crippen LogP contribution >= 0.6 is 0 Å². The van der Waals surface area contributed by atoms with Gasteiger partial charge in [-0.25, -0.2) is 0 Å². The molecular formula is C17H20O5. The highest BCUT2D eigenvalue weighted by Gasteiger charge is 2.82. The Labute approximate surface area is 129 Å². The maximum atomic E-state index is 11.7. The molecule has 2 atom stereocenters. The Hall–Kier alpha value is -1.88. The summed E-state index contributed by atoms with van der Waals surface area (Å²) in [6.45, 7) is 4.61. The molecule has 2 aliphatic rings. The normalized spacial score (nSPS) is 31.8. The highest BCUT2D eigenvalue weighted by atomic mass is 16.8. The fraction of sp³-hybridized carbons (Fsp3) is 0.529. The predicted molar refractivity (Wildman–Crippen MR) is 77.7 cm³/mol. The molecule has 3 rings (SSSR count). The number of carbonyl (C=O) groups is 2. The molecule has 1 aliphatic heterocycles. The van der Waals surface area contributed by atoms with E-state index in [1.165, 1.54) is 13.8 Å². The summed E-state index contributed by atoms with van der Waals surface area (Å²) in [5, 5.41) is 0. The van der Waals surface area contributed by atoms with Gasteiger partial charge in [0, 0.05) is 20.3 Å². The van der Waals surface area contributed by atoms with Crippen LogP contribution < -0.4 is 0 Å². The lowest BCUT2D eigenvalue weighted by atomic mass is 9.72. The van der Waals surface area contributed by atoms with Gasteiger partial charge in [-0.15, -0.1) is 0 Å². The molecule has 2 fully saturated rings. The molecule has 0 amide bonds. The smallest absolute Gasteiger partial charge is 0.306 e. The van der Waals surface area contributed by atoms with E-state index in [1.807, 2.05) is 37.3 Å². The van der Waals surface area contributed by atoms with Gasteiger partial charge in [-0.2, -0.15) is 0 Å². The summed E-state index contributed by atoms with van der Waals surface area (Å²) in [6.07, 6.45) is 2.01. The zero-order chi connectivity index (χ0) is 16.0. The average Bonchev–Trinajstić information content (AvgIpc) is 3.08. The maximum Gasteiger partial charge on any atom is 0.306 e. The van der Waals surface area contributed by atoms with Crippen LogP contribution in [0.4, 0.5) is 0 Å². The Balaban J connectivity index is 2.13. The first kappa shape index (κ1) is 15.0. The summed E-state index contributed by atoms with van der Waals surface area (Å²) in [5.41, 5.74) is -0.575. The Morgan fingerprint density at radius 3 is 2.18 bits per heavy atom. The second-order valence-corrected chi connectivity index (χ2v) is 6.17. The standard InChI is InChI=1S/C17H20O5/c1-12(18)20-16(21-13(2)19)11-7-10-15(3)17(16,22-15)14-8-5-4-6-9-14/h4-6,8-9H,7,10-11H2,1-3H3. The van der Waals surface area contributed by atoms with Crippen LogP contribution in [-0.2, 0) is 29.4 Å². The molecule has 1 aromatic rings. The van der Waals surface area contributed by atoms with E-state index in [2.05, 4.69) is 0 Å². The average molecular weight is 304 g/mol. The van der Waals surface area contributed by atoms with E-state index >= 15 is 0 Å². The fourth-order valence-corrected chi connectivity index (χ4v) is 3.84. The SMILES string of the molecule is CC(=O)OC1(OC(C)=O)CCCC2(C)OC21c1ccccc1. The molecule has 0 N–H and O–H groups in total. The zero-order valence-electron chi connectivity index (χ0n) is 13.0. The molecule has 2 unspecified atom stereocenters. The van der Waals surface area contributed by atoms with Crippen LogP contribution in [-0.4, -0.2) is 23.3 Å². The summed E-state index contributed by atoms with van der Waals surface area (Å²) in [6, 6.07) is 9.53. The molecule has 1 aliphatic carbocycles. The number of esters is 2. The van der Waals surface area contributed by atoms with Crippen molar-refractivity contribution in [3.05, 3.63) is 35.9 Å². The van der Waals surface area contributed by atoms with Crippen LogP contribution in [0.1, 0.15) is 45.6 Å². The van der Waals surface area contributed by atoms with Crippen molar-refractivity contribution in [2.75, 3.05) is 0 Å². The number of rotatable bonds is 3. The lowest BCUT2D eigenvalue weighted by molar-refractivity contribution is -0.258. The van der Waals surface area contributed by atoms with Crippen LogP contribution in [0.25, 0.3) is 0 Å². The largest absolute Gasteiger partial charge is 0.419 e. The highest BCUT2D eigenvalue weighted by Crippen LogP contribution is 2.69. The van der Waals surface area contributed by atoms with Gasteiger partial charge >= 0.3 is 11.9 Å². The van der Waals surface area contributed by atoms with Crippen molar-refractivity contribution in [2.45, 2.75) is 57.0 Å². The Bertz CT molecular complexity index is 595. The van der Waals surface area contributed by atoms with E-state index in [0.29, 0.717) is 6.42 Å². The first-order valence-corrected chi connectivity index (χ1v) is 7.50. The molecular weight excluding hydrogens is 284 g/mol. The monoisotopic (exact) mass is 304 g/mol. The third-order valence-corrected chi connectivity index (χ3v) is 4.58. The van der Waals surface area contributed by atoms with Gasteiger partial charge < -0.3 is 14.2 Å². The van der Waals surface area contributed by atoms with Gasteiger partial charge in [0.25, 0.3) is 5.79 Å². The number of hydrogen-bond acceptors (Lipinski definition) is 5. The van der Waals surface area contributed by atoms with E-state index < -0.39 is 28.9 Å². The molecule has 5 nitrogen and oxygen atoms in total. The van der Waals surface area contributed by atoms with Crippen LogP contribution in [0.5, 0.6) is 0 Å². The Morgan fingerprint density at radius 1 is 1.05 bits per heavy atom. The van der Waals surface area contributed by atoms with Crippen molar-refractivity contribution >= 4 is 11.9 Å². The van der Waals surface area contributed by atoms with E-state index in [9.17, 15) is 9.59 Å². The van der Waals surface area contributed by atoms with Crippen molar-refractivity contribution in [1.82, 2.24) is 0 Å². The molecule has 0 aromatic heterocycles. The molecule has 1 saturated carbocycles. The lowest BCUT2D eigenvalue weighted by Gasteiger charge is -2.41. The Morgan fingerprint density at radius 2 is 1.64 bits per heavy atom. The fourth-order valence-electron chi connectivity index (χ4n) is 3.84. The van der Waals surface area contributed by atoms with Crippen LogP contribution in [0.15, 0.2) is 30.3 Å². The summed E-state index contributed by atoms with van der Waals surface area (Å²) in [4.78, 5) is 23.3. The third kappa shape index (κ3) is 1.96. The van der Waals surface area contributed by atoms with Crippen LogP contribution in [0.2, 0.25) is 0 Å². The first-order valence-electron chi connectivity index (χ1n) is 7.50. The lowest BCUT2D eigenvalue weighted by Crippen LogP contribution is -2.55. The highest BCUT2D eigenvalue weighted by molar-refractivity contribution is 5.70. The minimum atomic E-state index is -1.40. The van der Waals surface area contributed by atoms with Gasteiger partial charge in [-0.3, -0.25) is 9.59 Å².